The largest absolute Gasteiger partial charge is 0.197 e. The fraction of sp³-hybridized carbons (Fsp3) is 0.615. The van der Waals surface area contributed by atoms with Crippen LogP contribution in [0.5, 0.6) is 0 Å². The van der Waals surface area contributed by atoms with Gasteiger partial charge >= 0.3 is 0 Å². The van der Waals surface area contributed by atoms with Crippen LogP contribution in [0.2, 0.25) is 0 Å². The van der Waals surface area contributed by atoms with Gasteiger partial charge in [-0.05, 0) is 19.3 Å². The van der Waals surface area contributed by atoms with Crippen LogP contribution < -0.4 is 0 Å². The molecule has 0 aromatic heterocycles. The van der Waals surface area contributed by atoms with Gasteiger partial charge in [-0.25, -0.2) is 0 Å². The highest BCUT2D eigenvalue weighted by molar-refractivity contribution is 5.14. The summed E-state index contributed by atoms with van der Waals surface area (Å²) in [7, 11) is 0. The van der Waals surface area contributed by atoms with Crippen molar-refractivity contribution in [2.75, 3.05) is 0 Å². The van der Waals surface area contributed by atoms with Gasteiger partial charge in [0.1, 0.15) is 0 Å². The van der Waals surface area contributed by atoms with Crippen molar-refractivity contribution in [3.63, 3.8) is 0 Å². The molecule has 0 saturated heterocycles. The quantitative estimate of drug-likeness (QED) is 0.552. The lowest BCUT2D eigenvalue weighted by Crippen LogP contribution is -2.13. The van der Waals surface area contributed by atoms with Crippen LogP contribution in [-0.2, 0) is 0 Å². The first-order valence-electron chi connectivity index (χ1n) is 5.44. The van der Waals surface area contributed by atoms with E-state index >= 15 is 0 Å². The highest BCUT2D eigenvalue weighted by Gasteiger charge is 2.23. The van der Waals surface area contributed by atoms with E-state index < -0.39 is 0 Å². The molecule has 0 saturated carbocycles. The first-order chi connectivity index (χ1) is 6.74. The Balaban J connectivity index is 4.49. The van der Waals surface area contributed by atoms with Crippen LogP contribution in [0.15, 0.2) is 24.8 Å². The van der Waals surface area contributed by atoms with Crippen LogP contribution in [0.3, 0.4) is 0 Å². The predicted octanol–water partition coefficient (Wildman–Crippen LogP) is 4.23. The standard InChI is InChI=1S/C13H21N/c1-4-7-8-11-13(12-14,9-5-2)10-6-3/h5,8,11H,2,4,6-7,9-10H2,1,3H3/b11-8+. The molecule has 0 fully saturated rings. The summed E-state index contributed by atoms with van der Waals surface area (Å²) in [5, 5.41) is 9.19. The maximum atomic E-state index is 9.19. The number of hydrogen-bond acceptors (Lipinski definition) is 1. The number of nitrogens with zero attached hydrogens (tertiary/aromatic N) is 1. The number of rotatable bonds is 7. The van der Waals surface area contributed by atoms with Crippen LogP contribution in [-0.4, -0.2) is 0 Å². The molecule has 1 heteroatoms. The second-order valence-corrected chi connectivity index (χ2v) is 3.70. The van der Waals surface area contributed by atoms with Crippen molar-refractivity contribution in [3.05, 3.63) is 24.8 Å². The minimum absolute atomic E-state index is 0.300. The SMILES string of the molecule is C=CCC(C#N)(/C=C/CCC)CCC. The molecule has 0 aliphatic carbocycles. The van der Waals surface area contributed by atoms with Crippen molar-refractivity contribution >= 4 is 0 Å². The first-order valence-corrected chi connectivity index (χ1v) is 5.44. The highest BCUT2D eigenvalue weighted by atomic mass is 14.3. The fourth-order valence-corrected chi connectivity index (χ4v) is 1.57. The van der Waals surface area contributed by atoms with E-state index in [1.165, 1.54) is 0 Å². The molecule has 78 valence electrons. The zero-order chi connectivity index (χ0) is 10.9. The Kier molecular flexibility index (Phi) is 6.84. The van der Waals surface area contributed by atoms with Crippen LogP contribution >= 0.6 is 0 Å². The Morgan fingerprint density at radius 1 is 1.36 bits per heavy atom. The summed E-state index contributed by atoms with van der Waals surface area (Å²) in [4.78, 5) is 0. The van der Waals surface area contributed by atoms with Crippen molar-refractivity contribution in [2.24, 2.45) is 5.41 Å². The summed E-state index contributed by atoms with van der Waals surface area (Å²) in [6.07, 6.45) is 11.0. The van der Waals surface area contributed by atoms with E-state index in [4.69, 9.17) is 0 Å². The normalized spacial score (nSPS) is 14.9. The lowest BCUT2D eigenvalue weighted by atomic mass is 9.81. The Hall–Kier alpha value is -1.03. The van der Waals surface area contributed by atoms with E-state index in [9.17, 15) is 5.26 Å². The highest BCUT2D eigenvalue weighted by Crippen LogP contribution is 2.29. The molecule has 1 unspecified atom stereocenters. The summed E-state index contributed by atoms with van der Waals surface area (Å²) < 4.78 is 0. The average molecular weight is 191 g/mol. The van der Waals surface area contributed by atoms with E-state index in [0.29, 0.717) is 0 Å². The molecule has 0 aromatic rings. The number of unbranched alkanes of at least 4 members (excludes halogenated alkanes) is 1. The fourth-order valence-electron chi connectivity index (χ4n) is 1.57. The summed E-state index contributed by atoms with van der Waals surface area (Å²) in [5.41, 5.74) is -0.300. The summed E-state index contributed by atoms with van der Waals surface area (Å²) in [6, 6.07) is 2.42. The Labute approximate surface area is 88.1 Å². The third-order valence-electron chi connectivity index (χ3n) is 2.32. The lowest BCUT2D eigenvalue weighted by Gasteiger charge is -2.20. The summed E-state index contributed by atoms with van der Waals surface area (Å²) in [6.45, 7) is 7.98. The van der Waals surface area contributed by atoms with Crippen molar-refractivity contribution in [1.29, 1.82) is 5.26 Å². The molecule has 0 bridgehead atoms. The monoisotopic (exact) mass is 191 g/mol. The number of nitriles is 1. The third-order valence-corrected chi connectivity index (χ3v) is 2.32. The molecule has 0 aliphatic heterocycles. The lowest BCUT2D eigenvalue weighted by molar-refractivity contribution is 0.462. The van der Waals surface area contributed by atoms with E-state index in [2.05, 4.69) is 38.6 Å². The summed E-state index contributed by atoms with van der Waals surface area (Å²) in [5.74, 6) is 0. The van der Waals surface area contributed by atoms with Gasteiger partial charge in [0.25, 0.3) is 0 Å². The molecule has 0 spiro atoms. The van der Waals surface area contributed by atoms with Crippen molar-refractivity contribution in [3.8, 4) is 6.07 Å². The van der Waals surface area contributed by atoms with E-state index in [1.807, 2.05) is 6.08 Å². The molecule has 1 nitrogen and oxygen atoms in total. The average Bonchev–Trinajstić information content (AvgIpc) is 2.19. The molecule has 0 N–H and O–H groups in total. The van der Waals surface area contributed by atoms with Gasteiger partial charge in [0.15, 0.2) is 0 Å². The minimum Gasteiger partial charge on any atom is -0.197 e. The van der Waals surface area contributed by atoms with Crippen molar-refractivity contribution in [2.45, 2.75) is 46.0 Å². The van der Waals surface area contributed by atoms with Gasteiger partial charge in [0.2, 0.25) is 0 Å². The molecule has 14 heavy (non-hydrogen) atoms. The summed E-state index contributed by atoms with van der Waals surface area (Å²) >= 11 is 0. The zero-order valence-electron chi connectivity index (χ0n) is 9.42. The maximum Gasteiger partial charge on any atom is 0.0787 e. The van der Waals surface area contributed by atoms with Crippen molar-refractivity contribution < 1.29 is 0 Å². The molecule has 0 amide bonds. The molecular formula is C13H21N. The molecule has 0 radical (unpaired) electrons. The van der Waals surface area contributed by atoms with Gasteiger partial charge in [-0.15, -0.1) is 6.58 Å². The second-order valence-electron chi connectivity index (χ2n) is 3.70. The van der Waals surface area contributed by atoms with Crippen LogP contribution in [0.4, 0.5) is 0 Å². The minimum atomic E-state index is -0.300. The first kappa shape index (κ1) is 13.0. The van der Waals surface area contributed by atoms with Gasteiger partial charge in [0.05, 0.1) is 11.5 Å². The van der Waals surface area contributed by atoms with Crippen molar-refractivity contribution in [1.82, 2.24) is 0 Å². The molecule has 1 atom stereocenters. The zero-order valence-corrected chi connectivity index (χ0v) is 9.42. The molecule has 0 rings (SSSR count). The van der Waals surface area contributed by atoms with Gasteiger partial charge in [-0.2, -0.15) is 5.26 Å². The smallest absolute Gasteiger partial charge is 0.0787 e. The number of allylic oxidation sites excluding steroid dienone is 3. The molecule has 0 heterocycles. The third kappa shape index (κ3) is 4.28. The van der Waals surface area contributed by atoms with Gasteiger partial charge in [-0.3, -0.25) is 0 Å². The Morgan fingerprint density at radius 3 is 2.50 bits per heavy atom. The van der Waals surface area contributed by atoms with E-state index in [-0.39, 0.29) is 5.41 Å². The topological polar surface area (TPSA) is 23.8 Å². The van der Waals surface area contributed by atoms with Gasteiger partial charge in [0, 0.05) is 0 Å². The molecular weight excluding hydrogens is 170 g/mol. The van der Waals surface area contributed by atoms with E-state index in [1.54, 1.807) is 0 Å². The molecule has 0 aromatic carbocycles. The second kappa shape index (κ2) is 7.38. The number of hydrogen-bond donors (Lipinski definition) is 0. The van der Waals surface area contributed by atoms with Crippen LogP contribution in [0.25, 0.3) is 0 Å². The van der Waals surface area contributed by atoms with Crippen LogP contribution in [0, 0.1) is 16.7 Å². The Morgan fingerprint density at radius 2 is 2.07 bits per heavy atom. The Bertz CT molecular complexity index is 222. The van der Waals surface area contributed by atoms with Gasteiger partial charge < -0.3 is 0 Å². The van der Waals surface area contributed by atoms with E-state index in [0.717, 1.165) is 32.1 Å². The maximum absolute atomic E-state index is 9.19. The van der Waals surface area contributed by atoms with Crippen LogP contribution in [0.1, 0.15) is 46.0 Å². The molecule has 0 aliphatic rings. The van der Waals surface area contributed by atoms with Gasteiger partial charge in [-0.1, -0.05) is 44.9 Å². The predicted molar refractivity (Wildman–Crippen MR) is 61.8 cm³/mol.